The highest BCUT2D eigenvalue weighted by molar-refractivity contribution is 6.06. The lowest BCUT2D eigenvalue weighted by Crippen LogP contribution is -2.36. The highest BCUT2D eigenvalue weighted by Gasteiger charge is 2.17. The maximum atomic E-state index is 11.8. The van der Waals surface area contributed by atoms with Gasteiger partial charge in [-0.25, -0.2) is 4.98 Å². The molecule has 174 valence electrons. The Bertz CT molecular complexity index is 1430. The number of benzene rings is 1. The molecule has 1 amide bonds. The summed E-state index contributed by atoms with van der Waals surface area (Å²) in [6.45, 7) is 3.18. The molecule has 0 unspecified atom stereocenters. The van der Waals surface area contributed by atoms with Crippen LogP contribution >= 0.6 is 0 Å². The highest BCUT2D eigenvalue weighted by atomic mass is 16.5. The van der Waals surface area contributed by atoms with Gasteiger partial charge in [0, 0.05) is 42.2 Å². The second-order valence-electron chi connectivity index (χ2n) is 7.76. The van der Waals surface area contributed by atoms with E-state index in [4.69, 9.17) is 16.9 Å². The number of carbonyl (C=O) groups excluding carboxylic acids is 1. The van der Waals surface area contributed by atoms with Crippen molar-refractivity contribution in [1.29, 1.82) is 0 Å². The first-order valence-corrected chi connectivity index (χ1v) is 11.0. The number of hydrogen-bond donors (Lipinski definition) is 3. The summed E-state index contributed by atoms with van der Waals surface area (Å²) in [5, 5.41) is 6.47. The molecular formula is C25H22N8O2. The van der Waals surface area contributed by atoms with Crippen LogP contribution in [0.3, 0.4) is 0 Å². The van der Waals surface area contributed by atoms with E-state index in [2.05, 4.69) is 35.5 Å². The van der Waals surface area contributed by atoms with E-state index >= 15 is 0 Å². The minimum absolute atomic E-state index is 0.288. The van der Waals surface area contributed by atoms with Crippen molar-refractivity contribution < 1.29 is 9.53 Å². The van der Waals surface area contributed by atoms with Crippen LogP contribution in [0.1, 0.15) is 0 Å². The molecule has 0 spiro atoms. The van der Waals surface area contributed by atoms with E-state index in [0.29, 0.717) is 33.9 Å². The SMILES string of the molecule is C#CC(=O)Nc1cccnc1-c1nccc2c(N)nc(Nc3ccc(N4CCOCC4)cc3)nc12. The van der Waals surface area contributed by atoms with Crippen LogP contribution in [0.5, 0.6) is 0 Å². The lowest BCUT2D eigenvalue weighted by molar-refractivity contribution is -0.111. The number of morpholine rings is 1. The summed E-state index contributed by atoms with van der Waals surface area (Å²) in [7, 11) is 0. The first kappa shape index (κ1) is 22.1. The molecule has 1 aliphatic rings. The standard InChI is InChI=1S/C25H22N8O2/c1-2-20(34)30-19-4-3-10-27-22(19)23-21-18(9-11-28-23)24(26)32-25(31-21)29-16-5-7-17(8-6-16)33-12-14-35-15-13-33/h1,3-11H,12-15H2,(H,30,34)(H3,26,29,31,32). The third-order valence-corrected chi connectivity index (χ3v) is 5.56. The van der Waals surface area contributed by atoms with Crippen molar-refractivity contribution in [2.75, 3.05) is 47.6 Å². The van der Waals surface area contributed by atoms with Crippen LogP contribution in [-0.4, -0.2) is 52.1 Å². The number of rotatable bonds is 5. The van der Waals surface area contributed by atoms with Gasteiger partial charge in [-0.05, 0) is 48.4 Å². The molecule has 1 fully saturated rings. The molecule has 35 heavy (non-hydrogen) atoms. The minimum Gasteiger partial charge on any atom is -0.383 e. The van der Waals surface area contributed by atoms with Crippen molar-refractivity contribution in [3.05, 3.63) is 54.9 Å². The van der Waals surface area contributed by atoms with Crippen LogP contribution in [0.2, 0.25) is 0 Å². The number of fused-ring (bicyclic) bond motifs is 1. The Kier molecular flexibility index (Phi) is 6.07. The quantitative estimate of drug-likeness (QED) is 0.380. The zero-order valence-corrected chi connectivity index (χ0v) is 18.7. The largest absolute Gasteiger partial charge is 0.383 e. The molecule has 0 aliphatic carbocycles. The van der Waals surface area contributed by atoms with Gasteiger partial charge in [-0.1, -0.05) is 0 Å². The van der Waals surface area contributed by atoms with Gasteiger partial charge in [0.05, 0.1) is 18.9 Å². The Morgan fingerprint density at radius 3 is 2.57 bits per heavy atom. The summed E-state index contributed by atoms with van der Waals surface area (Å²) in [4.78, 5) is 32.0. The van der Waals surface area contributed by atoms with Crippen molar-refractivity contribution >= 4 is 45.6 Å². The number of aromatic nitrogens is 4. The van der Waals surface area contributed by atoms with Gasteiger partial charge in [-0.2, -0.15) is 4.98 Å². The molecule has 4 aromatic rings. The second-order valence-corrected chi connectivity index (χ2v) is 7.76. The molecule has 1 aromatic carbocycles. The normalized spacial score (nSPS) is 13.3. The zero-order chi connectivity index (χ0) is 24.2. The van der Waals surface area contributed by atoms with Crippen molar-refractivity contribution in [3.63, 3.8) is 0 Å². The first-order valence-electron chi connectivity index (χ1n) is 11.0. The summed E-state index contributed by atoms with van der Waals surface area (Å²) in [5.41, 5.74) is 9.97. The van der Waals surface area contributed by atoms with Crippen LogP contribution in [0, 0.1) is 12.3 Å². The van der Waals surface area contributed by atoms with Crippen LogP contribution in [0.25, 0.3) is 22.3 Å². The summed E-state index contributed by atoms with van der Waals surface area (Å²) in [5.74, 6) is 2.05. The Labute approximate surface area is 201 Å². The first-order chi connectivity index (χ1) is 17.1. The van der Waals surface area contributed by atoms with Crippen molar-refractivity contribution in [2.24, 2.45) is 0 Å². The molecular weight excluding hydrogens is 444 g/mol. The molecule has 0 bridgehead atoms. The number of nitrogens with two attached hydrogens (primary N) is 1. The molecule has 0 saturated carbocycles. The van der Waals surface area contributed by atoms with E-state index in [-0.39, 0.29) is 5.82 Å². The van der Waals surface area contributed by atoms with Crippen LogP contribution < -0.4 is 21.3 Å². The topological polar surface area (TPSA) is 131 Å². The lowest BCUT2D eigenvalue weighted by Gasteiger charge is -2.28. The number of carbonyl (C=O) groups is 1. The monoisotopic (exact) mass is 466 g/mol. The fraction of sp³-hybridized carbons (Fsp3) is 0.160. The number of amides is 1. The van der Waals surface area contributed by atoms with E-state index in [9.17, 15) is 4.79 Å². The minimum atomic E-state index is -0.587. The number of anilines is 5. The fourth-order valence-corrected chi connectivity index (χ4v) is 3.87. The maximum Gasteiger partial charge on any atom is 0.300 e. The molecule has 1 saturated heterocycles. The molecule has 0 atom stereocenters. The van der Waals surface area contributed by atoms with Gasteiger partial charge >= 0.3 is 0 Å². The number of hydrogen-bond acceptors (Lipinski definition) is 9. The van der Waals surface area contributed by atoms with Crippen molar-refractivity contribution in [2.45, 2.75) is 0 Å². The second kappa shape index (κ2) is 9.62. The summed E-state index contributed by atoms with van der Waals surface area (Å²) >= 11 is 0. The number of ether oxygens (including phenoxy) is 1. The number of terminal acetylenes is 1. The number of pyridine rings is 2. The Hall–Kier alpha value is -4.75. The third-order valence-electron chi connectivity index (χ3n) is 5.56. The van der Waals surface area contributed by atoms with Gasteiger partial charge in [-0.3, -0.25) is 14.8 Å². The zero-order valence-electron chi connectivity index (χ0n) is 18.7. The smallest absolute Gasteiger partial charge is 0.300 e. The van der Waals surface area contributed by atoms with E-state index in [1.807, 2.05) is 30.2 Å². The average molecular weight is 467 g/mol. The Morgan fingerprint density at radius 2 is 1.80 bits per heavy atom. The predicted molar refractivity (Wildman–Crippen MR) is 135 cm³/mol. The predicted octanol–water partition coefficient (Wildman–Crippen LogP) is 2.82. The van der Waals surface area contributed by atoms with Gasteiger partial charge in [-0.15, -0.1) is 6.42 Å². The summed E-state index contributed by atoms with van der Waals surface area (Å²) in [6.07, 6.45) is 8.40. The summed E-state index contributed by atoms with van der Waals surface area (Å²) < 4.78 is 5.42. The molecule has 5 rings (SSSR count). The third kappa shape index (κ3) is 4.66. The average Bonchev–Trinajstić information content (AvgIpc) is 2.90. The van der Waals surface area contributed by atoms with Gasteiger partial charge in [0.15, 0.2) is 0 Å². The molecule has 1 aliphatic heterocycles. The number of nitrogens with one attached hydrogen (secondary N) is 2. The molecule has 0 radical (unpaired) electrons. The van der Waals surface area contributed by atoms with Gasteiger partial charge in [0.2, 0.25) is 5.95 Å². The number of nitrogen functional groups attached to an aromatic ring is 1. The Balaban J connectivity index is 1.49. The highest BCUT2D eigenvalue weighted by Crippen LogP contribution is 2.32. The lowest BCUT2D eigenvalue weighted by atomic mass is 10.1. The molecule has 10 nitrogen and oxygen atoms in total. The van der Waals surface area contributed by atoms with Crippen molar-refractivity contribution in [1.82, 2.24) is 19.9 Å². The van der Waals surface area contributed by atoms with E-state index in [1.165, 1.54) is 0 Å². The van der Waals surface area contributed by atoms with Crippen LogP contribution in [0.4, 0.5) is 28.8 Å². The number of nitrogens with zero attached hydrogens (tertiary/aromatic N) is 5. The van der Waals surface area contributed by atoms with Gasteiger partial charge in [0.25, 0.3) is 5.91 Å². The van der Waals surface area contributed by atoms with E-state index in [1.54, 1.807) is 30.6 Å². The molecule has 4 N–H and O–H groups in total. The summed E-state index contributed by atoms with van der Waals surface area (Å²) in [6, 6.07) is 13.1. The van der Waals surface area contributed by atoms with Crippen molar-refractivity contribution in [3.8, 4) is 23.7 Å². The van der Waals surface area contributed by atoms with Crippen LogP contribution in [-0.2, 0) is 9.53 Å². The van der Waals surface area contributed by atoms with E-state index in [0.717, 1.165) is 37.7 Å². The molecule has 4 heterocycles. The molecule has 3 aromatic heterocycles. The van der Waals surface area contributed by atoms with E-state index < -0.39 is 5.91 Å². The molecule has 10 heteroatoms. The van der Waals surface area contributed by atoms with Gasteiger partial charge < -0.3 is 26.0 Å². The van der Waals surface area contributed by atoms with Crippen LogP contribution in [0.15, 0.2) is 54.9 Å². The Morgan fingerprint density at radius 1 is 1.03 bits per heavy atom. The van der Waals surface area contributed by atoms with Gasteiger partial charge in [0.1, 0.15) is 22.7 Å². The fourth-order valence-electron chi connectivity index (χ4n) is 3.87. The maximum absolute atomic E-state index is 11.8.